The summed E-state index contributed by atoms with van der Waals surface area (Å²) < 4.78 is 54.5. The fourth-order valence-corrected chi connectivity index (χ4v) is 6.08. The first kappa shape index (κ1) is 28.6. The lowest BCUT2D eigenvalue weighted by atomic mass is 9.85. The Morgan fingerprint density at radius 3 is 1.48 bits per heavy atom. The first-order chi connectivity index (χ1) is 20.0. The third-order valence-electron chi connectivity index (χ3n) is 7.90. The molecule has 0 atom stereocenters. The molecule has 2 aliphatic carbocycles. The van der Waals surface area contributed by atoms with E-state index in [-0.39, 0.29) is 27.6 Å². The first-order valence-corrected chi connectivity index (χ1v) is 14.1. The maximum Gasteiger partial charge on any atom is 0.318 e. The van der Waals surface area contributed by atoms with Crippen LogP contribution < -0.4 is 9.47 Å². The molecule has 42 heavy (non-hydrogen) atoms. The van der Waals surface area contributed by atoms with E-state index < -0.39 is 40.2 Å². The Morgan fingerprint density at radius 2 is 1.05 bits per heavy atom. The molecule has 10 heteroatoms. The molecule has 0 radical (unpaired) electrons. The first-order valence-electron chi connectivity index (χ1n) is 13.0. The molecule has 0 spiro atoms. The molecule has 0 unspecified atom stereocenters. The molecule has 2 saturated carbocycles. The summed E-state index contributed by atoms with van der Waals surface area (Å²) in [5.41, 5.74) is -1.02. The van der Waals surface area contributed by atoms with Crippen LogP contribution in [0.15, 0.2) is 72.8 Å². The van der Waals surface area contributed by atoms with Crippen LogP contribution in [-0.4, -0.2) is 11.9 Å². The molecule has 0 N–H and O–H groups in total. The summed E-state index contributed by atoms with van der Waals surface area (Å²) in [5.74, 6) is -3.32. The third kappa shape index (κ3) is 5.14. The number of carbonyl (C=O) groups is 2. The van der Waals surface area contributed by atoms with Crippen LogP contribution in [0.1, 0.15) is 25.7 Å². The molecule has 2 fully saturated rings. The average molecular weight is 632 g/mol. The van der Waals surface area contributed by atoms with Gasteiger partial charge in [0.05, 0.1) is 15.9 Å². The van der Waals surface area contributed by atoms with Crippen LogP contribution in [-0.2, 0) is 9.59 Å². The lowest BCUT2D eigenvalue weighted by Crippen LogP contribution is -2.38. The molecule has 4 aromatic carbocycles. The van der Waals surface area contributed by atoms with Crippen LogP contribution in [0.5, 0.6) is 11.5 Å². The van der Waals surface area contributed by atoms with Crippen molar-refractivity contribution >= 4 is 46.7 Å². The van der Waals surface area contributed by atoms with Gasteiger partial charge >= 0.3 is 11.9 Å². The lowest BCUT2D eigenvalue weighted by Gasteiger charge is -2.23. The lowest BCUT2D eigenvalue weighted by molar-refractivity contribution is -0.154. The Balaban J connectivity index is 1.16. The maximum atomic E-state index is 15.0. The molecule has 0 aromatic heterocycles. The Bertz CT molecular complexity index is 1750. The van der Waals surface area contributed by atoms with E-state index >= 15 is 0 Å². The molecule has 4 aromatic rings. The minimum atomic E-state index is -1.11. The van der Waals surface area contributed by atoms with Crippen LogP contribution in [0.2, 0.25) is 15.1 Å². The molecule has 2 aliphatic rings. The van der Waals surface area contributed by atoms with Gasteiger partial charge in [-0.25, -0.2) is 13.2 Å². The number of benzene rings is 4. The van der Waals surface area contributed by atoms with Crippen molar-refractivity contribution in [3.05, 3.63) is 105 Å². The van der Waals surface area contributed by atoms with Gasteiger partial charge in [-0.3, -0.25) is 9.59 Å². The Hall–Kier alpha value is -3.52. The quantitative estimate of drug-likeness (QED) is 0.151. The Morgan fingerprint density at radius 1 is 0.571 bits per heavy atom. The zero-order chi connectivity index (χ0) is 29.8. The van der Waals surface area contributed by atoms with Crippen molar-refractivity contribution in [1.82, 2.24) is 0 Å². The Kier molecular flexibility index (Phi) is 7.24. The van der Waals surface area contributed by atoms with Crippen molar-refractivity contribution in [2.75, 3.05) is 0 Å². The molecule has 4 nitrogen and oxygen atoms in total. The number of hydrogen-bond acceptors (Lipinski definition) is 4. The van der Waals surface area contributed by atoms with Gasteiger partial charge in [0, 0.05) is 33.3 Å². The summed E-state index contributed by atoms with van der Waals surface area (Å²) >= 11 is 17.9. The zero-order valence-corrected chi connectivity index (χ0v) is 23.9. The van der Waals surface area contributed by atoms with Crippen LogP contribution in [0.3, 0.4) is 0 Å². The smallest absolute Gasteiger partial charge is 0.318 e. The van der Waals surface area contributed by atoms with Gasteiger partial charge in [0.1, 0.15) is 29.0 Å². The minimum Gasteiger partial charge on any atom is -0.426 e. The van der Waals surface area contributed by atoms with E-state index in [0.717, 1.165) is 18.2 Å². The molecule has 0 bridgehead atoms. The highest BCUT2D eigenvalue weighted by molar-refractivity contribution is 6.35. The number of ether oxygens (including phenoxy) is 2. The van der Waals surface area contributed by atoms with Crippen molar-refractivity contribution in [2.24, 2.45) is 10.8 Å². The van der Waals surface area contributed by atoms with Crippen LogP contribution in [0.25, 0.3) is 22.3 Å². The third-order valence-corrected chi connectivity index (χ3v) is 8.63. The second kappa shape index (κ2) is 10.6. The highest BCUT2D eigenvalue weighted by Gasteiger charge is 2.75. The summed E-state index contributed by atoms with van der Waals surface area (Å²) in [5, 5.41) is 0.548. The van der Waals surface area contributed by atoms with Crippen LogP contribution >= 0.6 is 34.8 Å². The number of carbonyl (C=O) groups excluding carboxylic acids is 2. The second-order valence-electron chi connectivity index (χ2n) is 10.5. The second-order valence-corrected chi connectivity index (χ2v) is 11.8. The highest BCUT2D eigenvalue weighted by atomic mass is 35.5. The normalized spacial score (nSPS) is 16.0. The van der Waals surface area contributed by atoms with E-state index in [1.54, 1.807) is 12.1 Å². The fourth-order valence-electron chi connectivity index (χ4n) is 5.38. The predicted octanol–water partition coefficient (Wildman–Crippen LogP) is 9.47. The summed E-state index contributed by atoms with van der Waals surface area (Å²) in [6, 6.07) is 16.4. The molecule has 0 aliphatic heterocycles. The number of esters is 2. The summed E-state index contributed by atoms with van der Waals surface area (Å²) in [7, 11) is 0. The van der Waals surface area contributed by atoms with E-state index in [1.165, 1.54) is 42.5 Å². The molecular formula is C32H20Cl3F3O4. The Labute approximate surface area is 253 Å². The van der Waals surface area contributed by atoms with Crippen LogP contribution in [0, 0.1) is 28.3 Å². The summed E-state index contributed by atoms with van der Waals surface area (Å²) in [6.07, 6.45) is 1.61. The van der Waals surface area contributed by atoms with E-state index in [0.29, 0.717) is 46.9 Å². The largest absolute Gasteiger partial charge is 0.426 e. The predicted molar refractivity (Wildman–Crippen MR) is 153 cm³/mol. The highest BCUT2D eigenvalue weighted by Crippen LogP contribution is 2.71. The van der Waals surface area contributed by atoms with Crippen molar-refractivity contribution < 1.29 is 32.2 Å². The van der Waals surface area contributed by atoms with Gasteiger partial charge in [-0.2, -0.15) is 0 Å². The fraction of sp³-hybridized carbons (Fsp3) is 0.188. The van der Waals surface area contributed by atoms with Gasteiger partial charge in [-0.05, 0) is 91.4 Å². The SMILES string of the molecule is O=C(Oc1ccc(-c2cc(Cl)cc(Cl)c2)c(F)c1)C1(C2(C(=O)Oc3ccc(-c4ccc(F)c(Cl)c4)c(F)c3)CC2)CC1. The standard InChI is InChI=1S/C32H20Cl3F3O4/c33-19-11-18(12-20(34)14-19)24-5-3-22(16-28(24)38)42-30(40)32(9-10-32)31(7-8-31)29(39)41-21-2-4-23(27(37)15-21)17-1-6-26(36)25(35)13-17/h1-6,11-16H,7-10H2. The number of halogens is 6. The average Bonchev–Trinajstić information content (AvgIpc) is 3.84. The molecule has 0 heterocycles. The monoisotopic (exact) mass is 630 g/mol. The summed E-state index contributed by atoms with van der Waals surface area (Å²) in [6.45, 7) is 0. The van der Waals surface area contributed by atoms with Crippen LogP contribution in [0.4, 0.5) is 13.2 Å². The number of hydrogen-bond donors (Lipinski definition) is 0. The van der Waals surface area contributed by atoms with E-state index in [9.17, 15) is 22.8 Å². The van der Waals surface area contributed by atoms with Gasteiger partial charge in [0.15, 0.2) is 0 Å². The van der Waals surface area contributed by atoms with Crippen molar-refractivity contribution in [2.45, 2.75) is 25.7 Å². The van der Waals surface area contributed by atoms with Gasteiger partial charge in [0.2, 0.25) is 0 Å². The van der Waals surface area contributed by atoms with E-state index in [1.807, 2.05) is 0 Å². The zero-order valence-electron chi connectivity index (χ0n) is 21.7. The minimum absolute atomic E-state index is 0.0108. The molecular weight excluding hydrogens is 612 g/mol. The molecule has 0 saturated heterocycles. The van der Waals surface area contributed by atoms with E-state index in [4.69, 9.17) is 44.3 Å². The maximum absolute atomic E-state index is 15.0. The number of rotatable bonds is 7. The van der Waals surface area contributed by atoms with Crippen molar-refractivity contribution in [1.29, 1.82) is 0 Å². The van der Waals surface area contributed by atoms with Gasteiger partial charge in [0.25, 0.3) is 0 Å². The molecule has 0 amide bonds. The van der Waals surface area contributed by atoms with Crippen molar-refractivity contribution in [3.63, 3.8) is 0 Å². The molecule has 214 valence electrons. The van der Waals surface area contributed by atoms with Gasteiger partial charge in [-0.15, -0.1) is 0 Å². The molecule has 6 rings (SSSR count). The van der Waals surface area contributed by atoms with E-state index in [2.05, 4.69) is 0 Å². The summed E-state index contributed by atoms with van der Waals surface area (Å²) in [4.78, 5) is 26.6. The van der Waals surface area contributed by atoms with Crippen molar-refractivity contribution in [3.8, 4) is 33.8 Å². The van der Waals surface area contributed by atoms with Gasteiger partial charge in [-0.1, -0.05) is 40.9 Å². The topological polar surface area (TPSA) is 52.6 Å². The van der Waals surface area contributed by atoms with Gasteiger partial charge < -0.3 is 9.47 Å².